The van der Waals surface area contributed by atoms with Crippen LogP contribution in [0.25, 0.3) is 0 Å². The van der Waals surface area contributed by atoms with E-state index in [-0.39, 0.29) is 5.97 Å². The van der Waals surface area contributed by atoms with E-state index in [0.717, 1.165) is 23.3 Å². The molecule has 0 atom stereocenters. The van der Waals surface area contributed by atoms with Gasteiger partial charge in [0.1, 0.15) is 5.75 Å². The lowest BCUT2D eigenvalue weighted by atomic mass is 10.00. The average molecular weight is 286 g/mol. The second-order valence-corrected chi connectivity index (χ2v) is 5.81. The normalized spacial score (nSPS) is 15.9. The van der Waals surface area contributed by atoms with Crippen molar-refractivity contribution in [3.63, 3.8) is 0 Å². The largest absolute Gasteiger partial charge is 0.423 e. The zero-order valence-corrected chi connectivity index (χ0v) is 13.1. The quantitative estimate of drug-likeness (QED) is 0.283. The molecular weight excluding hydrogens is 260 g/mol. The number of hydrogen-bond donors (Lipinski definition) is 0. The van der Waals surface area contributed by atoms with Crippen LogP contribution in [0.5, 0.6) is 5.75 Å². The van der Waals surface area contributed by atoms with Gasteiger partial charge in [0.2, 0.25) is 0 Å². The Kier molecular flexibility index (Phi) is 6.52. The van der Waals surface area contributed by atoms with Gasteiger partial charge in [-0.2, -0.15) is 0 Å². The predicted octanol–water partition coefficient (Wildman–Crippen LogP) is 5.22. The van der Waals surface area contributed by atoms with Gasteiger partial charge in [-0.05, 0) is 24.5 Å². The Balaban J connectivity index is 1.71. The van der Waals surface area contributed by atoms with Gasteiger partial charge in [-0.25, -0.2) is 4.79 Å². The van der Waals surface area contributed by atoms with Crippen molar-refractivity contribution >= 4 is 5.97 Å². The first-order valence-electron chi connectivity index (χ1n) is 8.30. The lowest BCUT2D eigenvalue weighted by Gasteiger charge is -2.17. The number of carbonyl (C=O) groups is 1. The summed E-state index contributed by atoms with van der Waals surface area (Å²) in [5.74, 6) is 0.548. The molecule has 1 aromatic carbocycles. The standard InChI is InChI=1S/C19H26O2/c1-2-3-4-5-6-7-8-9-13-17-15-16-12-10-11-14-18(16)21-19(17)20/h10-14H,2-9,15H2,1H3/b17-13+. The van der Waals surface area contributed by atoms with Crippen LogP contribution in [-0.4, -0.2) is 5.97 Å². The van der Waals surface area contributed by atoms with Crippen molar-refractivity contribution in [2.24, 2.45) is 0 Å². The molecule has 0 saturated heterocycles. The molecule has 1 aromatic rings. The fraction of sp³-hybridized carbons (Fsp3) is 0.526. The van der Waals surface area contributed by atoms with Crippen LogP contribution in [0, 0.1) is 0 Å². The van der Waals surface area contributed by atoms with Crippen molar-refractivity contribution < 1.29 is 9.53 Å². The van der Waals surface area contributed by atoms with E-state index < -0.39 is 0 Å². The molecule has 0 saturated carbocycles. The van der Waals surface area contributed by atoms with Gasteiger partial charge in [-0.3, -0.25) is 0 Å². The minimum Gasteiger partial charge on any atom is -0.423 e. The van der Waals surface area contributed by atoms with Crippen LogP contribution < -0.4 is 4.74 Å². The maximum atomic E-state index is 11.9. The molecular formula is C19H26O2. The van der Waals surface area contributed by atoms with Gasteiger partial charge >= 0.3 is 5.97 Å². The number of allylic oxidation sites excluding steroid dienone is 1. The summed E-state index contributed by atoms with van der Waals surface area (Å²) in [6.07, 6.45) is 12.9. The highest BCUT2D eigenvalue weighted by atomic mass is 16.5. The molecule has 114 valence electrons. The summed E-state index contributed by atoms with van der Waals surface area (Å²) in [5, 5.41) is 0. The zero-order valence-electron chi connectivity index (χ0n) is 13.1. The molecule has 0 fully saturated rings. The number of benzene rings is 1. The van der Waals surface area contributed by atoms with Crippen LogP contribution in [0.1, 0.15) is 63.9 Å². The van der Waals surface area contributed by atoms with E-state index in [9.17, 15) is 4.79 Å². The molecule has 0 aliphatic carbocycles. The number of unbranched alkanes of at least 4 members (excludes halogenated alkanes) is 7. The Morgan fingerprint density at radius 1 is 1.05 bits per heavy atom. The number of ether oxygens (including phenoxy) is 1. The van der Waals surface area contributed by atoms with Crippen molar-refractivity contribution in [1.82, 2.24) is 0 Å². The van der Waals surface area contributed by atoms with Crippen molar-refractivity contribution in [2.75, 3.05) is 0 Å². The number of hydrogen-bond acceptors (Lipinski definition) is 2. The zero-order chi connectivity index (χ0) is 14.9. The van der Waals surface area contributed by atoms with Crippen LogP contribution in [0.3, 0.4) is 0 Å². The summed E-state index contributed by atoms with van der Waals surface area (Å²) in [7, 11) is 0. The number of esters is 1. The van der Waals surface area contributed by atoms with Crippen LogP contribution in [0.4, 0.5) is 0 Å². The third-order valence-electron chi connectivity index (χ3n) is 4.02. The van der Waals surface area contributed by atoms with Crippen LogP contribution in [-0.2, 0) is 11.2 Å². The van der Waals surface area contributed by atoms with Crippen LogP contribution in [0.15, 0.2) is 35.9 Å². The van der Waals surface area contributed by atoms with Gasteiger partial charge in [-0.15, -0.1) is 0 Å². The summed E-state index contributed by atoms with van der Waals surface area (Å²) in [5.41, 5.74) is 1.93. The molecule has 0 unspecified atom stereocenters. The topological polar surface area (TPSA) is 26.3 Å². The summed E-state index contributed by atoms with van der Waals surface area (Å²) < 4.78 is 5.36. The van der Waals surface area contributed by atoms with Crippen LogP contribution in [0.2, 0.25) is 0 Å². The highest BCUT2D eigenvalue weighted by Gasteiger charge is 2.21. The lowest BCUT2D eigenvalue weighted by Crippen LogP contribution is -2.19. The van der Waals surface area contributed by atoms with E-state index in [2.05, 4.69) is 13.0 Å². The van der Waals surface area contributed by atoms with Crippen molar-refractivity contribution in [3.8, 4) is 5.75 Å². The lowest BCUT2D eigenvalue weighted by molar-refractivity contribution is -0.130. The van der Waals surface area contributed by atoms with E-state index in [4.69, 9.17) is 4.74 Å². The number of fused-ring (bicyclic) bond motifs is 1. The fourth-order valence-electron chi connectivity index (χ4n) is 2.73. The first-order chi connectivity index (χ1) is 10.3. The number of para-hydroxylation sites is 1. The Morgan fingerprint density at radius 2 is 1.76 bits per heavy atom. The van der Waals surface area contributed by atoms with Gasteiger partial charge < -0.3 is 4.74 Å². The second-order valence-electron chi connectivity index (χ2n) is 5.81. The predicted molar refractivity (Wildman–Crippen MR) is 86.5 cm³/mol. The van der Waals surface area contributed by atoms with Crippen molar-refractivity contribution in [3.05, 3.63) is 41.5 Å². The van der Waals surface area contributed by atoms with E-state index in [1.807, 2.05) is 24.3 Å². The summed E-state index contributed by atoms with van der Waals surface area (Å²) in [6, 6.07) is 7.79. The monoisotopic (exact) mass is 286 g/mol. The van der Waals surface area contributed by atoms with Crippen LogP contribution >= 0.6 is 0 Å². The molecule has 1 aliphatic rings. The Hall–Kier alpha value is -1.57. The molecule has 21 heavy (non-hydrogen) atoms. The fourth-order valence-corrected chi connectivity index (χ4v) is 2.73. The minimum atomic E-state index is -0.170. The number of rotatable bonds is 8. The third kappa shape index (κ3) is 5.04. The first kappa shape index (κ1) is 15.8. The molecule has 1 heterocycles. The first-order valence-corrected chi connectivity index (χ1v) is 8.30. The minimum absolute atomic E-state index is 0.170. The Labute approximate surface area is 128 Å². The molecule has 0 amide bonds. The van der Waals surface area contributed by atoms with E-state index in [1.54, 1.807) is 0 Å². The maximum Gasteiger partial charge on any atom is 0.339 e. The second kappa shape index (κ2) is 8.66. The molecule has 0 bridgehead atoms. The van der Waals surface area contributed by atoms with Gasteiger partial charge in [0, 0.05) is 12.0 Å². The smallest absolute Gasteiger partial charge is 0.339 e. The maximum absolute atomic E-state index is 11.9. The van der Waals surface area contributed by atoms with E-state index in [1.165, 1.54) is 44.9 Å². The number of carbonyl (C=O) groups excluding carboxylic acids is 1. The summed E-state index contributed by atoms with van der Waals surface area (Å²) in [6.45, 7) is 2.24. The van der Waals surface area contributed by atoms with Gasteiger partial charge in [0.15, 0.2) is 0 Å². The molecule has 2 heteroatoms. The molecule has 2 nitrogen and oxygen atoms in total. The average Bonchev–Trinajstić information content (AvgIpc) is 2.50. The molecule has 0 aromatic heterocycles. The Bertz CT molecular complexity index is 488. The summed E-state index contributed by atoms with van der Waals surface area (Å²) in [4.78, 5) is 11.9. The van der Waals surface area contributed by atoms with Crippen molar-refractivity contribution in [1.29, 1.82) is 0 Å². The molecule has 2 rings (SSSR count). The Morgan fingerprint density at radius 3 is 2.57 bits per heavy atom. The van der Waals surface area contributed by atoms with E-state index in [0.29, 0.717) is 6.42 Å². The highest BCUT2D eigenvalue weighted by Crippen LogP contribution is 2.27. The highest BCUT2D eigenvalue weighted by molar-refractivity contribution is 5.92. The van der Waals surface area contributed by atoms with Gasteiger partial charge in [-0.1, -0.05) is 69.7 Å². The molecule has 1 aliphatic heterocycles. The van der Waals surface area contributed by atoms with Gasteiger partial charge in [0.25, 0.3) is 0 Å². The SMILES string of the molecule is CCCCCCCCC/C=C1\Cc2ccccc2OC1=O. The van der Waals surface area contributed by atoms with E-state index >= 15 is 0 Å². The molecule has 0 spiro atoms. The van der Waals surface area contributed by atoms with Gasteiger partial charge in [0.05, 0.1) is 0 Å². The third-order valence-corrected chi connectivity index (χ3v) is 4.02. The van der Waals surface area contributed by atoms with Crippen molar-refractivity contribution in [2.45, 2.75) is 64.7 Å². The summed E-state index contributed by atoms with van der Waals surface area (Å²) >= 11 is 0. The molecule has 0 radical (unpaired) electrons. The molecule has 0 N–H and O–H groups in total.